The zero-order valence-corrected chi connectivity index (χ0v) is 30.9. The van der Waals surface area contributed by atoms with Crippen molar-refractivity contribution < 1.29 is 33.4 Å². The summed E-state index contributed by atoms with van der Waals surface area (Å²) in [7, 11) is 6.37. The number of hydrogen-bond donors (Lipinski definition) is 6. The van der Waals surface area contributed by atoms with Crippen LogP contribution in [-0.2, 0) is 25.9 Å². The van der Waals surface area contributed by atoms with Crippen molar-refractivity contribution in [2.24, 2.45) is 31.9 Å². The highest BCUT2D eigenvalue weighted by Crippen LogP contribution is 2.38. The number of anilines is 3. The van der Waals surface area contributed by atoms with Gasteiger partial charge in [-0.3, -0.25) is 34.4 Å². The van der Waals surface area contributed by atoms with Gasteiger partial charge in [0.05, 0.1) is 43.3 Å². The first-order valence-corrected chi connectivity index (χ1v) is 17.6. The Labute approximate surface area is 316 Å². The Bertz CT molecular complexity index is 2210. The second-order valence-electron chi connectivity index (χ2n) is 13.1. The second kappa shape index (κ2) is 16.0. The summed E-state index contributed by atoms with van der Waals surface area (Å²) in [5.41, 5.74) is 7.07. The van der Waals surface area contributed by atoms with Crippen LogP contribution in [0.4, 0.5) is 23.1 Å². The average Bonchev–Trinajstić information content (AvgIpc) is 3.93. The molecule has 5 amide bonds. The van der Waals surface area contributed by atoms with Gasteiger partial charge in [0.15, 0.2) is 11.5 Å². The number of ether oxygens (including phenoxy) is 2. The zero-order valence-electron chi connectivity index (χ0n) is 30.9. The van der Waals surface area contributed by atoms with Gasteiger partial charge >= 0.3 is 0 Å². The first-order valence-electron chi connectivity index (χ1n) is 17.6. The van der Waals surface area contributed by atoms with Crippen LogP contribution >= 0.6 is 0 Å². The molecule has 0 spiro atoms. The molecule has 0 saturated carbocycles. The SMILES string of the molecule is COc1cc2c(cc1OCCC(=O)Nc1ccc(C(=O)Nc3ccc(C(=O)Nc4ccc(C(=O)NCCC(=N)N)n4C)n3C)n1C)N=C[C@@H]1CCCN1C2=O. The highest BCUT2D eigenvalue weighted by Gasteiger charge is 2.32. The molecule has 1 atom stereocenters. The summed E-state index contributed by atoms with van der Waals surface area (Å²) < 4.78 is 16.0. The molecule has 5 heterocycles. The van der Waals surface area contributed by atoms with Crippen LogP contribution in [-0.4, -0.2) is 93.0 Å². The minimum absolute atomic E-state index is 0.0113. The maximum absolute atomic E-state index is 13.3. The van der Waals surface area contributed by atoms with Gasteiger partial charge in [0.25, 0.3) is 23.6 Å². The van der Waals surface area contributed by atoms with Crippen LogP contribution in [0.2, 0.25) is 0 Å². The number of rotatable bonds is 14. The lowest BCUT2D eigenvalue weighted by Crippen LogP contribution is -2.35. The highest BCUT2D eigenvalue weighted by molar-refractivity contribution is 6.07. The van der Waals surface area contributed by atoms with Crippen molar-refractivity contribution in [3.63, 3.8) is 0 Å². The molecule has 55 heavy (non-hydrogen) atoms. The molecular formula is C37H43N11O7. The topological polar surface area (TPSA) is 232 Å². The van der Waals surface area contributed by atoms with E-state index in [-0.39, 0.29) is 67.0 Å². The molecule has 1 saturated heterocycles. The van der Waals surface area contributed by atoms with Crippen LogP contribution in [0.5, 0.6) is 11.5 Å². The fourth-order valence-corrected chi connectivity index (χ4v) is 6.44. The number of carbonyl (C=O) groups excluding carboxylic acids is 5. The Morgan fingerprint density at radius 3 is 2.00 bits per heavy atom. The fraction of sp³-hybridized carbons (Fsp3) is 0.324. The molecule has 0 bridgehead atoms. The van der Waals surface area contributed by atoms with E-state index in [4.69, 9.17) is 20.6 Å². The summed E-state index contributed by atoms with van der Waals surface area (Å²) in [6.45, 7) is 0.902. The number of nitrogens with zero attached hydrogens (tertiary/aromatic N) is 5. The summed E-state index contributed by atoms with van der Waals surface area (Å²) in [5, 5.41) is 18.3. The Morgan fingerprint density at radius 1 is 0.836 bits per heavy atom. The molecule has 2 aliphatic heterocycles. The maximum atomic E-state index is 13.3. The molecule has 6 rings (SSSR count). The van der Waals surface area contributed by atoms with Gasteiger partial charge in [0.2, 0.25) is 5.91 Å². The predicted octanol–water partition coefficient (Wildman–Crippen LogP) is 3.00. The number of amides is 5. The van der Waals surface area contributed by atoms with E-state index in [1.54, 1.807) is 75.9 Å². The van der Waals surface area contributed by atoms with Gasteiger partial charge in [-0.05, 0) is 55.3 Å². The third kappa shape index (κ3) is 8.07. The van der Waals surface area contributed by atoms with Crippen molar-refractivity contribution in [3.8, 4) is 11.5 Å². The van der Waals surface area contributed by atoms with E-state index in [0.29, 0.717) is 52.4 Å². The van der Waals surface area contributed by atoms with Crippen LogP contribution in [0, 0.1) is 5.41 Å². The van der Waals surface area contributed by atoms with Crippen molar-refractivity contribution in [2.45, 2.75) is 31.7 Å². The Balaban J connectivity index is 1.02. The monoisotopic (exact) mass is 753 g/mol. The number of hydrogen-bond acceptors (Lipinski definition) is 9. The third-order valence-electron chi connectivity index (χ3n) is 9.54. The molecular weight excluding hydrogens is 710 g/mol. The number of amidine groups is 1. The molecule has 18 heteroatoms. The predicted molar refractivity (Wildman–Crippen MR) is 205 cm³/mol. The standard InChI is InChI=1S/C37H43N11O7/c1-45-24(34(50)40-15-13-29(38)39)7-11-31(45)43-36(52)26-9-12-32(47(26)3)44-35(51)25-8-10-30(46(25)2)42-33(49)14-17-55-28-19-23-22(18-27(28)54-4)37(53)48-16-5-6-21(48)20-41-23/h7-12,18-21H,5-6,13-17H2,1-4H3,(H3,38,39)(H,40,50)(H,42,49)(H,43,52)(H,44,51)/t21-/m0/s1. The van der Waals surface area contributed by atoms with Gasteiger partial charge in [-0.2, -0.15) is 0 Å². The third-order valence-corrected chi connectivity index (χ3v) is 9.54. The summed E-state index contributed by atoms with van der Waals surface area (Å²) in [6, 6.07) is 12.7. The number of aromatic nitrogens is 3. The Hall–Kier alpha value is -6.85. The van der Waals surface area contributed by atoms with E-state index in [0.717, 1.165) is 12.8 Å². The van der Waals surface area contributed by atoms with E-state index >= 15 is 0 Å². The van der Waals surface area contributed by atoms with Crippen LogP contribution in [0.25, 0.3) is 0 Å². The van der Waals surface area contributed by atoms with E-state index in [9.17, 15) is 24.0 Å². The molecule has 1 aromatic carbocycles. The quantitative estimate of drug-likeness (QED) is 0.0826. The van der Waals surface area contributed by atoms with Gasteiger partial charge in [-0.15, -0.1) is 0 Å². The van der Waals surface area contributed by atoms with Gasteiger partial charge < -0.3 is 55.1 Å². The normalized spacial score (nSPS) is 14.4. The molecule has 0 aliphatic carbocycles. The molecule has 18 nitrogen and oxygen atoms in total. The molecule has 0 radical (unpaired) electrons. The van der Waals surface area contributed by atoms with Crippen molar-refractivity contribution in [1.82, 2.24) is 23.9 Å². The van der Waals surface area contributed by atoms with Crippen molar-refractivity contribution >= 4 is 64.7 Å². The molecule has 0 unspecified atom stereocenters. The van der Waals surface area contributed by atoms with Gasteiger partial charge in [-0.1, -0.05) is 0 Å². The van der Waals surface area contributed by atoms with E-state index in [2.05, 4.69) is 26.3 Å². The number of nitrogens with two attached hydrogens (primary N) is 1. The van der Waals surface area contributed by atoms with Crippen LogP contribution in [0.3, 0.4) is 0 Å². The number of fused-ring (bicyclic) bond motifs is 2. The smallest absolute Gasteiger partial charge is 0.273 e. The van der Waals surface area contributed by atoms with Crippen molar-refractivity contribution in [2.75, 3.05) is 42.8 Å². The maximum Gasteiger partial charge on any atom is 0.273 e. The number of benzene rings is 1. The van der Waals surface area contributed by atoms with Gasteiger partial charge in [0, 0.05) is 52.9 Å². The lowest BCUT2D eigenvalue weighted by molar-refractivity contribution is -0.116. The van der Waals surface area contributed by atoms with E-state index in [1.165, 1.54) is 20.8 Å². The largest absolute Gasteiger partial charge is 0.493 e. The Kier molecular flexibility index (Phi) is 11.0. The minimum Gasteiger partial charge on any atom is -0.493 e. The first kappa shape index (κ1) is 37.9. The number of nitrogens with one attached hydrogen (secondary N) is 5. The van der Waals surface area contributed by atoms with Crippen LogP contribution in [0.15, 0.2) is 53.5 Å². The first-order chi connectivity index (χ1) is 26.4. The van der Waals surface area contributed by atoms with Crippen molar-refractivity contribution in [1.29, 1.82) is 5.41 Å². The number of aliphatic imine (C=N–C) groups is 1. The molecule has 1 fully saturated rings. The second-order valence-corrected chi connectivity index (χ2v) is 13.1. The number of carbonyl (C=O) groups is 5. The van der Waals surface area contributed by atoms with E-state index < -0.39 is 11.8 Å². The lowest BCUT2D eigenvalue weighted by atomic mass is 10.1. The number of methoxy groups -OCH3 is 1. The van der Waals surface area contributed by atoms with Gasteiger partial charge in [-0.25, -0.2) is 0 Å². The highest BCUT2D eigenvalue weighted by atomic mass is 16.5. The summed E-state index contributed by atoms with van der Waals surface area (Å²) in [5.74, 6) is 0.0176. The molecule has 288 valence electrons. The summed E-state index contributed by atoms with van der Waals surface area (Å²) in [4.78, 5) is 71.3. The lowest BCUT2D eigenvalue weighted by Gasteiger charge is -2.20. The van der Waals surface area contributed by atoms with Crippen LogP contribution in [0.1, 0.15) is 67.5 Å². The van der Waals surface area contributed by atoms with E-state index in [1.807, 2.05) is 4.90 Å². The average molecular weight is 754 g/mol. The van der Waals surface area contributed by atoms with Gasteiger partial charge in [0.1, 0.15) is 34.5 Å². The molecule has 4 aromatic rings. The van der Waals surface area contributed by atoms with Crippen molar-refractivity contribution in [3.05, 3.63) is 71.2 Å². The summed E-state index contributed by atoms with van der Waals surface area (Å²) in [6.07, 6.45) is 3.80. The summed E-state index contributed by atoms with van der Waals surface area (Å²) >= 11 is 0. The molecule has 2 aliphatic rings. The zero-order chi connectivity index (χ0) is 39.4. The fourth-order valence-electron chi connectivity index (χ4n) is 6.44. The molecule has 3 aromatic heterocycles. The Morgan fingerprint density at radius 2 is 1.42 bits per heavy atom. The molecule has 7 N–H and O–H groups in total. The minimum atomic E-state index is -0.473. The van der Waals surface area contributed by atoms with Crippen LogP contribution < -0.4 is 36.5 Å².